The molecule has 1 aliphatic rings. The number of imidazole rings is 1. The van der Waals surface area contributed by atoms with E-state index < -0.39 is 30.5 Å². The highest BCUT2D eigenvalue weighted by atomic mass is 35.5. The summed E-state index contributed by atoms with van der Waals surface area (Å²) in [5.74, 6) is -0.302. The van der Waals surface area contributed by atoms with E-state index in [-0.39, 0.29) is 18.8 Å². The van der Waals surface area contributed by atoms with E-state index in [4.69, 9.17) is 26.8 Å². The van der Waals surface area contributed by atoms with Gasteiger partial charge in [-0.15, -0.1) is 0 Å². The number of anilines is 1. The molecule has 3 heterocycles. The Morgan fingerprint density at radius 1 is 1.21 bits per heavy atom. The topological polar surface area (TPSA) is 146 Å². The summed E-state index contributed by atoms with van der Waals surface area (Å²) in [6.07, 6.45) is -1.71. The van der Waals surface area contributed by atoms with Crippen LogP contribution in [0.1, 0.15) is 11.8 Å². The number of aromatic nitrogens is 4. The normalized spacial score (nSPS) is 24.1. The minimum absolute atomic E-state index is 0.0499. The van der Waals surface area contributed by atoms with Crippen LogP contribution in [0, 0.1) is 0 Å². The summed E-state index contributed by atoms with van der Waals surface area (Å²) in [5, 5.41) is 21.3. The molecule has 1 fully saturated rings. The van der Waals surface area contributed by atoms with Crippen LogP contribution in [0.15, 0.2) is 36.9 Å². The van der Waals surface area contributed by atoms with Gasteiger partial charge in [-0.3, -0.25) is 9.36 Å². The molecule has 11 heteroatoms. The standard InChI is InChI=1S/C18H18ClN5O5/c19-10-3-1-9(2-4-10)5-12(25)28-6-11-14(26)15(27)18(29-11)24-8-23-13-16(20)21-7-22-17(13)24/h1-4,7-8,11,14-15,18,26-27H,5-6H2,(H2,20,21,22)/t11-,14-,15-,18-/m1/s1. The van der Waals surface area contributed by atoms with Crippen LogP contribution in [0.4, 0.5) is 5.82 Å². The number of halogens is 1. The molecule has 10 nitrogen and oxygen atoms in total. The van der Waals surface area contributed by atoms with Crippen LogP contribution in [-0.4, -0.2) is 60.6 Å². The van der Waals surface area contributed by atoms with E-state index in [1.807, 2.05) is 0 Å². The first-order valence-electron chi connectivity index (χ1n) is 8.78. The van der Waals surface area contributed by atoms with Crippen molar-refractivity contribution in [3.05, 3.63) is 47.5 Å². The highest BCUT2D eigenvalue weighted by Gasteiger charge is 2.44. The number of esters is 1. The SMILES string of the molecule is Nc1ncnc2c1ncn2[C@@H]1O[C@H](COC(=O)Cc2ccc(Cl)cc2)[C@@H](O)[C@H]1O. The first-order chi connectivity index (χ1) is 13.9. The number of hydrogen-bond acceptors (Lipinski definition) is 9. The van der Waals surface area contributed by atoms with Crippen LogP contribution in [0.5, 0.6) is 0 Å². The minimum atomic E-state index is -1.27. The zero-order valence-corrected chi connectivity index (χ0v) is 15.8. The Bertz CT molecular complexity index is 1030. The second-order valence-electron chi connectivity index (χ2n) is 6.62. The highest BCUT2D eigenvalue weighted by Crippen LogP contribution is 2.32. The van der Waals surface area contributed by atoms with Crippen LogP contribution in [0.2, 0.25) is 5.02 Å². The number of ether oxygens (including phenoxy) is 2. The molecule has 3 aromatic rings. The Labute approximate surface area is 169 Å². The molecule has 0 spiro atoms. The number of aliphatic hydroxyl groups excluding tert-OH is 2. The third-order valence-corrected chi connectivity index (χ3v) is 4.92. The van der Waals surface area contributed by atoms with Gasteiger partial charge in [0.15, 0.2) is 17.7 Å². The number of rotatable bonds is 5. The molecule has 0 bridgehead atoms. The predicted molar refractivity (Wildman–Crippen MR) is 102 cm³/mol. The lowest BCUT2D eigenvalue weighted by atomic mass is 10.1. The van der Waals surface area contributed by atoms with E-state index in [1.165, 1.54) is 17.2 Å². The number of benzene rings is 1. The molecule has 29 heavy (non-hydrogen) atoms. The molecule has 1 aromatic carbocycles. The maximum Gasteiger partial charge on any atom is 0.310 e. The van der Waals surface area contributed by atoms with E-state index in [0.717, 1.165) is 5.56 Å². The smallest absolute Gasteiger partial charge is 0.310 e. The Hall–Kier alpha value is -2.79. The number of fused-ring (bicyclic) bond motifs is 1. The fourth-order valence-electron chi connectivity index (χ4n) is 3.15. The summed E-state index contributed by atoms with van der Waals surface area (Å²) < 4.78 is 12.4. The predicted octanol–water partition coefficient (Wildman–Crippen LogP) is 0.467. The van der Waals surface area contributed by atoms with Crippen molar-refractivity contribution in [2.45, 2.75) is 31.0 Å². The first-order valence-corrected chi connectivity index (χ1v) is 9.16. The Morgan fingerprint density at radius 3 is 2.72 bits per heavy atom. The molecular formula is C18H18ClN5O5. The second kappa shape index (κ2) is 7.91. The quantitative estimate of drug-likeness (QED) is 0.502. The van der Waals surface area contributed by atoms with Gasteiger partial charge in [-0.05, 0) is 17.7 Å². The van der Waals surface area contributed by atoms with Gasteiger partial charge in [-0.25, -0.2) is 15.0 Å². The highest BCUT2D eigenvalue weighted by molar-refractivity contribution is 6.30. The maximum absolute atomic E-state index is 12.1. The van der Waals surface area contributed by atoms with Gasteiger partial charge in [0.25, 0.3) is 0 Å². The van der Waals surface area contributed by atoms with E-state index in [0.29, 0.717) is 16.2 Å². The fraction of sp³-hybridized carbons (Fsp3) is 0.333. The lowest BCUT2D eigenvalue weighted by molar-refractivity contribution is -0.149. The first kappa shape index (κ1) is 19.5. The third kappa shape index (κ3) is 3.87. The van der Waals surface area contributed by atoms with Crippen LogP contribution < -0.4 is 5.73 Å². The van der Waals surface area contributed by atoms with Gasteiger partial charge in [0.2, 0.25) is 0 Å². The maximum atomic E-state index is 12.1. The number of nitrogens with zero attached hydrogens (tertiary/aromatic N) is 4. The van der Waals surface area contributed by atoms with Crippen molar-refractivity contribution >= 4 is 34.6 Å². The zero-order valence-electron chi connectivity index (χ0n) is 15.1. The van der Waals surface area contributed by atoms with Crippen molar-refractivity contribution in [3.63, 3.8) is 0 Å². The Kier molecular flexibility index (Phi) is 5.33. The van der Waals surface area contributed by atoms with Crippen molar-refractivity contribution in [2.75, 3.05) is 12.3 Å². The van der Waals surface area contributed by atoms with E-state index in [2.05, 4.69) is 15.0 Å². The molecule has 4 rings (SSSR count). The molecular weight excluding hydrogens is 402 g/mol. The van der Waals surface area contributed by atoms with Crippen molar-refractivity contribution in [1.82, 2.24) is 19.5 Å². The molecule has 1 aliphatic heterocycles. The average Bonchev–Trinajstić information content (AvgIpc) is 3.25. The summed E-state index contributed by atoms with van der Waals surface area (Å²) in [7, 11) is 0. The van der Waals surface area contributed by atoms with E-state index in [1.54, 1.807) is 24.3 Å². The fourth-order valence-corrected chi connectivity index (χ4v) is 3.27. The lowest BCUT2D eigenvalue weighted by Gasteiger charge is -2.16. The van der Waals surface area contributed by atoms with Crippen molar-refractivity contribution in [3.8, 4) is 0 Å². The third-order valence-electron chi connectivity index (χ3n) is 4.67. The molecule has 0 unspecified atom stereocenters. The van der Waals surface area contributed by atoms with Crippen LogP contribution >= 0.6 is 11.6 Å². The number of hydrogen-bond donors (Lipinski definition) is 3. The van der Waals surface area contributed by atoms with Gasteiger partial charge < -0.3 is 25.4 Å². The van der Waals surface area contributed by atoms with Crippen LogP contribution in [0.25, 0.3) is 11.2 Å². The van der Waals surface area contributed by atoms with Gasteiger partial charge in [0.1, 0.15) is 36.8 Å². The number of nitrogens with two attached hydrogens (primary N) is 1. The van der Waals surface area contributed by atoms with Crippen LogP contribution in [-0.2, 0) is 20.7 Å². The van der Waals surface area contributed by atoms with Gasteiger partial charge in [0.05, 0.1) is 12.7 Å². The number of carbonyl (C=O) groups is 1. The average molecular weight is 420 g/mol. The molecule has 0 saturated carbocycles. The van der Waals surface area contributed by atoms with E-state index in [9.17, 15) is 15.0 Å². The molecule has 1 saturated heterocycles. The van der Waals surface area contributed by atoms with Gasteiger partial charge in [0, 0.05) is 5.02 Å². The summed E-state index contributed by atoms with van der Waals surface area (Å²) in [6, 6.07) is 6.81. The van der Waals surface area contributed by atoms with Crippen LogP contribution in [0.3, 0.4) is 0 Å². The zero-order chi connectivity index (χ0) is 20.5. The lowest BCUT2D eigenvalue weighted by Crippen LogP contribution is -2.34. The Morgan fingerprint density at radius 2 is 1.97 bits per heavy atom. The second-order valence-corrected chi connectivity index (χ2v) is 7.05. The minimum Gasteiger partial charge on any atom is -0.463 e. The number of nitrogen functional groups attached to an aromatic ring is 1. The van der Waals surface area contributed by atoms with Gasteiger partial charge in [-0.2, -0.15) is 0 Å². The number of aliphatic hydroxyl groups is 2. The van der Waals surface area contributed by atoms with Gasteiger partial charge >= 0.3 is 5.97 Å². The van der Waals surface area contributed by atoms with Crippen molar-refractivity contribution < 1.29 is 24.5 Å². The van der Waals surface area contributed by atoms with E-state index >= 15 is 0 Å². The molecule has 0 amide bonds. The molecule has 0 radical (unpaired) electrons. The largest absolute Gasteiger partial charge is 0.463 e. The molecule has 0 aliphatic carbocycles. The van der Waals surface area contributed by atoms with Gasteiger partial charge in [-0.1, -0.05) is 23.7 Å². The molecule has 152 valence electrons. The molecule has 4 N–H and O–H groups in total. The summed E-state index contributed by atoms with van der Waals surface area (Å²) in [4.78, 5) is 24.1. The summed E-state index contributed by atoms with van der Waals surface area (Å²) in [5.41, 5.74) is 7.22. The Balaban J connectivity index is 1.41. The summed E-state index contributed by atoms with van der Waals surface area (Å²) >= 11 is 5.82. The monoisotopic (exact) mass is 419 g/mol. The van der Waals surface area contributed by atoms with Crippen molar-refractivity contribution in [2.24, 2.45) is 0 Å². The molecule has 2 aromatic heterocycles. The van der Waals surface area contributed by atoms with Crippen molar-refractivity contribution in [1.29, 1.82) is 0 Å². The molecule has 4 atom stereocenters. The summed E-state index contributed by atoms with van der Waals surface area (Å²) in [6.45, 7) is -0.217. The number of carbonyl (C=O) groups excluding carboxylic acids is 1.